The van der Waals surface area contributed by atoms with Gasteiger partial charge in [-0.3, -0.25) is 9.59 Å². The lowest BCUT2D eigenvalue weighted by Gasteiger charge is -2.31. The highest BCUT2D eigenvalue weighted by Crippen LogP contribution is 2.35. The fourth-order valence-corrected chi connectivity index (χ4v) is 3.50. The second kappa shape index (κ2) is 10.5. The Kier molecular flexibility index (Phi) is 8.34. The van der Waals surface area contributed by atoms with E-state index in [0.29, 0.717) is 42.3 Å². The highest BCUT2D eigenvalue weighted by Gasteiger charge is 2.28. The van der Waals surface area contributed by atoms with Gasteiger partial charge in [0.05, 0.1) is 19.2 Å². The summed E-state index contributed by atoms with van der Waals surface area (Å²) in [6.07, 6.45) is 4.08. The second-order valence-electron chi connectivity index (χ2n) is 6.67. The molecular weight excluding hydrogens is 419 g/mol. The first-order valence-electron chi connectivity index (χ1n) is 9.15. The summed E-state index contributed by atoms with van der Waals surface area (Å²) < 4.78 is 9.70. The Morgan fingerprint density at radius 2 is 1.83 bits per heavy atom. The average molecular weight is 443 g/mol. The van der Waals surface area contributed by atoms with E-state index in [1.165, 1.54) is 20.3 Å². The predicted molar refractivity (Wildman–Crippen MR) is 111 cm³/mol. The molecule has 0 spiro atoms. The number of nitrogens with zero attached hydrogens (tertiary/aromatic N) is 1. The molecule has 1 unspecified atom stereocenters. The molecule has 1 aliphatic heterocycles. The summed E-state index contributed by atoms with van der Waals surface area (Å²) in [5.74, 6) is -0.652. The number of likely N-dealkylation sites (tertiary alicyclic amines) is 1. The fourth-order valence-electron chi connectivity index (χ4n) is 3.03. The Labute approximate surface area is 179 Å². The van der Waals surface area contributed by atoms with E-state index in [4.69, 9.17) is 27.9 Å². The number of carbonyl (C=O) groups is 3. The van der Waals surface area contributed by atoms with Crippen molar-refractivity contribution in [3.05, 3.63) is 33.8 Å². The number of halogens is 2. The van der Waals surface area contributed by atoms with Crippen LogP contribution in [-0.2, 0) is 19.1 Å². The molecule has 0 radical (unpaired) electrons. The second-order valence-corrected chi connectivity index (χ2v) is 7.43. The molecule has 1 aromatic carbocycles. The third-order valence-electron chi connectivity index (χ3n) is 4.79. The molecule has 7 nitrogen and oxygen atoms in total. The van der Waals surface area contributed by atoms with Crippen LogP contribution in [-0.4, -0.2) is 56.0 Å². The maximum absolute atomic E-state index is 12.4. The van der Waals surface area contributed by atoms with Crippen LogP contribution in [0.5, 0.6) is 5.75 Å². The number of ether oxygens (including phenoxy) is 2. The lowest BCUT2D eigenvalue weighted by Crippen LogP contribution is -2.46. The number of rotatable bonds is 6. The highest BCUT2D eigenvalue weighted by atomic mass is 35.5. The number of hydrogen-bond donors (Lipinski definition) is 1. The monoisotopic (exact) mass is 442 g/mol. The SMILES string of the molecule is COC(=O)C(C)NC(=O)C1CCN(C(=O)/C=C/c2ccc(OC)c(Cl)c2Cl)CC1. The summed E-state index contributed by atoms with van der Waals surface area (Å²) in [6, 6.07) is 2.70. The van der Waals surface area contributed by atoms with Crippen LogP contribution >= 0.6 is 23.2 Å². The van der Waals surface area contributed by atoms with Crippen LogP contribution in [0.1, 0.15) is 25.3 Å². The minimum absolute atomic E-state index is 0.171. The zero-order valence-electron chi connectivity index (χ0n) is 16.5. The van der Waals surface area contributed by atoms with Crippen molar-refractivity contribution in [1.82, 2.24) is 10.2 Å². The Bertz CT molecular complexity index is 804. The van der Waals surface area contributed by atoms with Crippen molar-refractivity contribution >= 4 is 47.1 Å². The van der Waals surface area contributed by atoms with Crippen molar-refractivity contribution in [1.29, 1.82) is 0 Å². The number of carbonyl (C=O) groups excluding carboxylic acids is 3. The maximum Gasteiger partial charge on any atom is 0.328 e. The Balaban J connectivity index is 1.90. The van der Waals surface area contributed by atoms with E-state index in [2.05, 4.69) is 10.1 Å². The molecule has 158 valence electrons. The van der Waals surface area contributed by atoms with Gasteiger partial charge in [0.15, 0.2) is 0 Å². The molecule has 1 atom stereocenters. The van der Waals surface area contributed by atoms with Crippen molar-refractivity contribution in [2.45, 2.75) is 25.8 Å². The molecule has 0 bridgehead atoms. The van der Waals surface area contributed by atoms with Crippen LogP contribution in [0.15, 0.2) is 18.2 Å². The largest absolute Gasteiger partial charge is 0.495 e. The van der Waals surface area contributed by atoms with Crippen molar-refractivity contribution in [2.75, 3.05) is 27.3 Å². The molecule has 9 heteroatoms. The lowest BCUT2D eigenvalue weighted by molar-refractivity contribution is -0.145. The van der Waals surface area contributed by atoms with E-state index in [0.717, 1.165) is 0 Å². The molecule has 1 heterocycles. The van der Waals surface area contributed by atoms with Gasteiger partial charge in [-0.2, -0.15) is 0 Å². The lowest BCUT2D eigenvalue weighted by atomic mass is 9.95. The first kappa shape index (κ1) is 23.0. The van der Waals surface area contributed by atoms with Crippen LogP contribution in [0.25, 0.3) is 6.08 Å². The van der Waals surface area contributed by atoms with E-state index in [-0.39, 0.29) is 22.8 Å². The molecule has 0 saturated carbocycles. The van der Waals surface area contributed by atoms with Crippen LogP contribution < -0.4 is 10.1 Å². The van der Waals surface area contributed by atoms with Crippen LogP contribution in [0, 0.1) is 5.92 Å². The van der Waals surface area contributed by atoms with Crippen molar-refractivity contribution in [2.24, 2.45) is 5.92 Å². The van der Waals surface area contributed by atoms with Crippen LogP contribution in [0.2, 0.25) is 10.0 Å². The standard InChI is InChI=1S/C20H24Cl2N2O5/c1-12(20(27)29-3)23-19(26)14-8-10-24(11-9-14)16(25)7-5-13-4-6-15(28-2)18(22)17(13)21/h4-7,12,14H,8-11H2,1-3H3,(H,23,26)/b7-5+. The molecule has 1 saturated heterocycles. The summed E-state index contributed by atoms with van der Waals surface area (Å²) in [5.41, 5.74) is 0.608. The van der Waals surface area contributed by atoms with Crippen LogP contribution in [0.3, 0.4) is 0 Å². The molecule has 1 aliphatic rings. The summed E-state index contributed by atoms with van der Waals surface area (Å²) in [7, 11) is 2.77. The summed E-state index contributed by atoms with van der Waals surface area (Å²) in [5, 5.41) is 3.24. The smallest absolute Gasteiger partial charge is 0.328 e. The first-order chi connectivity index (χ1) is 13.8. The third-order valence-corrected chi connectivity index (χ3v) is 5.67. The van der Waals surface area contributed by atoms with Gasteiger partial charge < -0.3 is 19.7 Å². The molecular formula is C20H24Cl2N2O5. The molecule has 0 aliphatic carbocycles. The minimum atomic E-state index is -0.698. The van der Waals surface area contributed by atoms with Gasteiger partial charge in [0.1, 0.15) is 16.8 Å². The molecule has 2 rings (SSSR count). The van der Waals surface area contributed by atoms with Gasteiger partial charge in [-0.25, -0.2) is 4.79 Å². The van der Waals surface area contributed by atoms with Gasteiger partial charge in [-0.05, 0) is 43.5 Å². The molecule has 2 amide bonds. The number of amides is 2. The Hall–Kier alpha value is -2.25. The number of esters is 1. The number of benzene rings is 1. The molecule has 1 fully saturated rings. The number of hydrogen-bond acceptors (Lipinski definition) is 5. The van der Waals surface area contributed by atoms with Gasteiger partial charge in [0, 0.05) is 25.1 Å². The van der Waals surface area contributed by atoms with E-state index < -0.39 is 12.0 Å². The van der Waals surface area contributed by atoms with Gasteiger partial charge in [0.25, 0.3) is 0 Å². The third kappa shape index (κ3) is 5.87. The van der Waals surface area contributed by atoms with Crippen molar-refractivity contribution < 1.29 is 23.9 Å². The Morgan fingerprint density at radius 3 is 2.41 bits per heavy atom. The number of nitrogens with one attached hydrogen (secondary N) is 1. The summed E-state index contributed by atoms with van der Waals surface area (Å²) >= 11 is 12.3. The first-order valence-corrected chi connectivity index (χ1v) is 9.91. The molecule has 29 heavy (non-hydrogen) atoms. The molecule has 0 aromatic heterocycles. The minimum Gasteiger partial charge on any atom is -0.495 e. The number of methoxy groups -OCH3 is 2. The topological polar surface area (TPSA) is 84.9 Å². The van der Waals surface area contributed by atoms with Crippen LogP contribution in [0.4, 0.5) is 0 Å². The van der Waals surface area contributed by atoms with E-state index in [9.17, 15) is 14.4 Å². The quantitative estimate of drug-likeness (QED) is 0.540. The zero-order valence-corrected chi connectivity index (χ0v) is 18.0. The van der Waals surface area contributed by atoms with E-state index >= 15 is 0 Å². The van der Waals surface area contributed by atoms with Gasteiger partial charge in [0.2, 0.25) is 11.8 Å². The predicted octanol–water partition coefficient (Wildman–Crippen LogP) is 2.93. The zero-order chi connectivity index (χ0) is 21.6. The summed E-state index contributed by atoms with van der Waals surface area (Å²) in [6.45, 7) is 2.47. The molecule has 1 aromatic rings. The normalized spacial score (nSPS) is 15.8. The maximum atomic E-state index is 12.4. The van der Waals surface area contributed by atoms with Crippen molar-refractivity contribution in [3.63, 3.8) is 0 Å². The number of piperidine rings is 1. The van der Waals surface area contributed by atoms with Gasteiger partial charge in [-0.15, -0.1) is 0 Å². The van der Waals surface area contributed by atoms with Crippen molar-refractivity contribution in [3.8, 4) is 5.75 Å². The molecule has 1 N–H and O–H groups in total. The fraction of sp³-hybridized carbons (Fsp3) is 0.450. The van der Waals surface area contributed by atoms with E-state index in [1.807, 2.05) is 0 Å². The van der Waals surface area contributed by atoms with Gasteiger partial charge >= 0.3 is 5.97 Å². The summed E-state index contributed by atoms with van der Waals surface area (Å²) in [4.78, 5) is 37.8. The van der Waals surface area contributed by atoms with E-state index in [1.54, 1.807) is 30.0 Å². The van der Waals surface area contributed by atoms with Gasteiger partial charge in [-0.1, -0.05) is 23.2 Å². The Morgan fingerprint density at radius 1 is 1.17 bits per heavy atom. The highest BCUT2D eigenvalue weighted by molar-refractivity contribution is 6.43. The average Bonchev–Trinajstić information content (AvgIpc) is 2.73.